The van der Waals surface area contributed by atoms with E-state index in [0.29, 0.717) is 12.0 Å². The molecule has 0 heterocycles. The van der Waals surface area contributed by atoms with Gasteiger partial charge >= 0.3 is 0 Å². The zero-order valence-electron chi connectivity index (χ0n) is 21.1. The Bertz CT molecular complexity index is 1220. The molecule has 1 aliphatic rings. The maximum absolute atomic E-state index is 13.9. The Morgan fingerprint density at radius 2 is 1.59 bits per heavy atom. The van der Waals surface area contributed by atoms with Gasteiger partial charge < -0.3 is 10.2 Å². The Morgan fingerprint density at radius 3 is 2.27 bits per heavy atom. The number of carbonyl (C=O) groups excluding carboxylic acids is 2. The number of benzene rings is 3. The van der Waals surface area contributed by atoms with E-state index < -0.39 is 11.0 Å². The van der Waals surface area contributed by atoms with Crippen molar-refractivity contribution in [2.24, 2.45) is 0 Å². The summed E-state index contributed by atoms with van der Waals surface area (Å²) in [7, 11) is 0. The average molecular weight is 500 g/mol. The van der Waals surface area contributed by atoms with Gasteiger partial charge in [0.15, 0.2) is 0 Å². The Balaban J connectivity index is 1.68. The molecule has 1 fully saturated rings. The minimum absolute atomic E-state index is 0.0962. The maximum Gasteiger partial charge on any atom is 0.273 e. The molecule has 0 aromatic heterocycles. The number of carbonyl (C=O) groups is 2. The van der Waals surface area contributed by atoms with Gasteiger partial charge in [-0.2, -0.15) is 0 Å². The molecule has 1 saturated carbocycles. The number of rotatable bonds is 10. The molecule has 37 heavy (non-hydrogen) atoms. The smallest absolute Gasteiger partial charge is 0.273 e. The Morgan fingerprint density at radius 1 is 0.946 bits per heavy atom. The first kappa shape index (κ1) is 26.1. The average Bonchev–Trinajstić information content (AvgIpc) is 3.41. The fourth-order valence-corrected chi connectivity index (χ4v) is 4.91. The molecule has 0 spiro atoms. The SMILES string of the molecule is Cc1ccc(CN(C(=O)Cc2ccccc2[N+](=O)[O-])[C@H](Cc2ccccc2)C(=O)NC2CCCC2)cc1. The third-order valence-corrected chi connectivity index (χ3v) is 6.98. The van der Waals surface area contributed by atoms with Crippen molar-refractivity contribution < 1.29 is 14.5 Å². The van der Waals surface area contributed by atoms with E-state index in [4.69, 9.17) is 0 Å². The summed E-state index contributed by atoms with van der Waals surface area (Å²) in [5, 5.41) is 14.8. The number of nitro groups is 1. The number of aryl methyl sites for hydroxylation is 1. The van der Waals surface area contributed by atoms with Gasteiger partial charge in [0, 0.05) is 30.6 Å². The number of hydrogen-bond acceptors (Lipinski definition) is 4. The standard InChI is InChI=1S/C30H33N3O4/c1-22-15-17-24(18-16-22)21-32(29(34)20-25-11-5-8-14-27(25)33(36)37)28(19-23-9-3-2-4-10-23)30(35)31-26-12-6-7-13-26/h2-5,8-11,14-18,26,28H,6-7,12-13,19-21H2,1H3,(H,31,35)/t28-/m1/s1. The Hall–Kier alpha value is -4.00. The highest BCUT2D eigenvalue weighted by Gasteiger charge is 2.33. The maximum atomic E-state index is 13.9. The summed E-state index contributed by atoms with van der Waals surface area (Å²) in [5.41, 5.74) is 3.18. The van der Waals surface area contributed by atoms with Gasteiger partial charge in [-0.25, -0.2) is 0 Å². The highest BCUT2D eigenvalue weighted by atomic mass is 16.6. The molecule has 0 radical (unpaired) electrons. The van der Waals surface area contributed by atoms with Gasteiger partial charge in [0.25, 0.3) is 5.69 Å². The highest BCUT2D eigenvalue weighted by Crippen LogP contribution is 2.23. The fourth-order valence-electron chi connectivity index (χ4n) is 4.91. The number of amides is 2. The van der Waals surface area contributed by atoms with Crippen molar-refractivity contribution in [2.75, 3.05) is 0 Å². The van der Waals surface area contributed by atoms with Gasteiger partial charge in [-0.15, -0.1) is 0 Å². The van der Waals surface area contributed by atoms with Gasteiger partial charge in [0.2, 0.25) is 11.8 Å². The van der Waals surface area contributed by atoms with Crippen molar-refractivity contribution in [3.8, 4) is 0 Å². The van der Waals surface area contributed by atoms with E-state index in [1.54, 1.807) is 23.1 Å². The molecule has 7 heteroatoms. The van der Waals surface area contributed by atoms with Crippen LogP contribution in [-0.4, -0.2) is 33.7 Å². The molecule has 192 valence electrons. The first-order chi connectivity index (χ1) is 17.9. The van der Waals surface area contributed by atoms with Crippen LogP contribution in [0, 0.1) is 17.0 Å². The largest absolute Gasteiger partial charge is 0.352 e. The molecule has 4 rings (SSSR count). The van der Waals surface area contributed by atoms with Gasteiger partial charge in [0.05, 0.1) is 11.3 Å². The molecule has 7 nitrogen and oxygen atoms in total. The van der Waals surface area contributed by atoms with Crippen LogP contribution < -0.4 is 5.32 Å². The molecular formula is C30H33N3O4. The predicted octanol–water partition coefficient (Wildman–Crippen LogP) is 5.14. The molecule has 0 aliphatic heterocycles. The molecule has 0 unspecified atom stereocenters. The van der Waals surface area contributed by atoms with Crippen LogP contribution in [0.5, 0.6) is 0 Å². The first-order valence-electron chi connectivity index (χ1n) is 12.8. The van der Waals surface area contributed by atoms with Crippen molar-refractivity contribution in [3.05, 3.63) is 111 Å². The van der Waals surface area contributed by atoms with Crippen LogP contribution in [0.25, 0.3) is 0 Å². The predicted molar refractivity (Wildman–Crippen MR) is 143 cm³/mol. The van der Waals surface area contributed by atoms with Crippen molar-refractivity contribution in [1.29, 1.82) is 0 Å². The van der Waals surface area contributed by atoms with Crippen molar-refractivity contribution in [3.63, 3.8) is 0 Å². The first-order valence-corrected chi connectivity index (χ1v) is 12.8. The summed E-state index contributed by atoms with van der Waals surface area (Å²) in [5.74, 6) is -0.504. The second-order valence-corrected chi connectivity index (χ2v) is 9.77. The van der Waals surface area contributed by atoms with E-state index in [0.717, 1.165) is 42.4 Å². The monoisotopic (exact) mass is 499 g/mol. The molecule has 3 aromatic rings. The van der Waals surface area contributed by atoms with Gasteiger partial charge in [-0.1, -0.05) is 91.2 Å². The second kappa shape index (κ2) is 12.3. The van der Waals surface area contributed by atoms with Gasteiger partial charge in [0.1, 0.15) is 6.04 Å². The van der Waals surface area contributed by atoms with Crippen LogP contribution in [0.4, 0.5) is 5.69 Å². The molecule has 1 atom stereocenters. The number of nitro benzene ring substituents is 1. The van der Waals surface area contributed by atoms with E-state index in [2.05, 4.69) is 5.32 Å². The third kappa shape index (κ3) is 7.03. The van der Waals surface area contributed by atoms with E-state index in [1.807, 2.05) is 61.5 Å². The van der Waals surface area contributed by atoms with Crippen molar-refractivity contribution >= 4 is 17.5 Å². The van der Waals surface area contributed by atoms with E-state index in [1.165, 1.54) is 6.07 Å². The molecular weight excluding hydrogens is 466 g/mol. The van der Waals surface area contributed by atoms with Crippen LogP contribution in [0.2, 0.25) is 0 Å². The quantitative estimate of drug-likeness (QED) is 0.309. The summed E-state index contributed by atoms with van der Waals surface area (Å²) in [6.45, 7) is 2.23. The normalized spacial score (nSPS) is 14.2. The number of para-hydroxylation sites is 1. The fraction of sp³-hybridized carbons (Fsp3) is 0.333. The van der Waals surface area contributed by atoms with Crippen LogP contribution in [0.1, 0.15) is 47.9 Å². The van der Waals surface area contributed by atoms with Crippen molar-refractivity contribution in [2.45, 2.75) is 64.1 Å². The van der Waals surface area contributed by atoms with Crippen LogP contribution in [0.15, 0.2) is 78.9 Å². The zero-order chi connectivity index (χ0) is 26.2. The summed E-state index contributed by atoms with van der Waals surface area (Å²) >= 11 is 0. The summed E-state index contributed by atoms with van der Waals surface area (Å²) < 4.78 is 0. The van der Waals surface area contributed by atoms with E-state index >= 15 is 0 Å². The van der Waals surface area contributed by atoms with Gasteiger partial charge in [-0.3, -0.25) is 19.7 Å². The second-order valence-electron chi connectivity index (χ2n) is 9.77. The minimum atomic E-state index is -0.750. The lowest BCUT2D eigenvalue weighted by Crippen LogP contribution is -2.52. The van der Waals surface area contributed by atoms with Crippen LogP contribution in [-0.2, 0) is 29.0 Å². The molecule has 1 aliphatic carbocycles. The summed E-state index contributed by atoms with van der Waals surface area (Å²) in [6.07, 6.45) is 4.23. The molecule has 2 amide bonds. The van der Waals surface area contributed by atoms with E-state index in [9.17, 15) is 19.7 Å². The molecule has 0 bridgehead atoms. The lowest BCUT2D eigenvalue weighted by atomic mass is 10.0. The molecule has 0 saturated heterocycles. The van der Waals surface area contributed by atoms with E-state index in [-0.39, 0.29) is 36.5 Å². The van der Waals surface area contributed by atoms with Crippen molar-refractivity contribution in [1.82, 2.24) is 10.2 Å². The number of hydrogen-bond donors (Lipinski definition) is 1. The van der Waals surface area contributed by atoms with Crippen LogP contribution in [0.3, 0.4) is 0 Å². The third-order valence-electron chi connectivity index (χ3n) is 6.98. The molecule has 3 aromatic carbocycles. The Labute approximate surface area is 217 Å². The minimum Gasteiger partial charge on any atom is -0.352 e. The zero-order valence-corrected chi connectivity index (χ0v) is 21.1. The lowest BCUT2D eigenvalue weighted by molar-refractivity contribution is -0.385. The lowest BCUT2D eigenvalue weighted by Gasteiger charge is -2.32. The summed E-state index contributed by atoms with van der Waals surface area (Å²) in [4.78, 5) is 40.3. The van der Waals surface area contributed by atoms with Gasteiger partial charge in [-0.05, 0) is 30.9 Å². The summed E-state index contributed by atoms with van der Waals surface area (Å²) in [6, 6.07) is 23.2. The molecule has 1 N–H and O–H groups in total. The Kier molecular flexibility index (Phi) is 8.67. The topological polar surface area (TPSA) is 92.6 Å². The highest BCUT2D eigenvalue weighted by molar-refractivity contribution is 5.89. The number of nitrogens with zero attached hydrogens (tertiary/aromatic N) is 2. The van der Waals surface area contributed by atoms with Crippen LogP contribution >= 0.6 is 0 Å². The number of nitrogens with one attached hydrogen (secondary N) is 1.